The Hall–Kier alpha value is -1.58. The maximum absolute atomic E-state index is 13.1. The largest absolute Gasteiger partial charge is 0.494 e. The molecule has 1 aromatic rings. The molecule has 0 spiro atoms. The molecule has 0 aromatic heterocycles. The fourth-order valence-corrected chi connectivity index (χ4v) is 0.966. The standard InChI is InChI=1S/C9H11FN2O/c1-6(12-11)7-3-4-9(13-2)8(10)5-7/h3-5H,11H2,1-2H3/b12-6+. The molecule has 0 unspecified atom stereocenters. The molecule has 0 heterocycles. The van der Waals surface area contributed by atoms with E-state index < -0.39 is 5.82 Å². The van der Waals surface area contributed by atoms with Gasteiger partial charge < -0.3 is 10.6 Å². The second kappa shape index (κ2) is 3.89. The maximum atomic E-state index is 13.1. The maximum Gasteiger partial charge on any atom is 0.165 e. The normalized spacial score (nSPS) is 11.5. The number of methoxy groups -OCH3 is 1. The van der Waals surface area contributed by atoms with Crippen LogP contribution in [-0.2, 0) is 0 Å². The summed E-state index contributed by atoms with van der Waals surface area (Å²) in [5.74, 6) is 4.86. The lowest BCUT2D eigenvalue weighted by molar-refractivity contribution is 0.386. The van der Waals surface area contributed by atoms with E-state index in [-0.39, 0.29) is 5.75 Å². The lowest BCUT2D eigenvalue weighted by Gasteiger charge is -2.03. The van der Waals surface area contributed by atoms with Crippen LogP contribution in [0.4, 0.5) is 4.39 Å². The van der Waals surface area contributed by atoms with E-state index in [1.54, 1.807) is 19.1 Å². The van der Waals surface area contributed by atoms with Crippen molar-refractivity contribution < 1.29 is 9.13 Å². The van der Waals surface area contributed by atoms with Gasteiger partial charge in [0.05, 0.1) is 12.8 Å². The summed E-state index contributed by atoms with van der Waals surface area (Å²) in [4.78, 5) is 0. The Labute approximate surface area is 76.0 Å². The van der Waals surface area contributed by atoms with Gasteiger partial charge >= 0.3 is 0 Å². The van der Waals surface area contributed by atoms with Gasteiger partial charge in [-0.1, -0.05) is 0 Å². The van der Waals surface area contributed by atoms with Crippen molar-refractivity contribution >= 4 is 5.71 Å². The molecule has 4 heteroatoms. The van der Waals surface area contributed by atoms with Crippen molar-refractivity contribution in [3.8, 4) is 5.75 Å². The first kappa shape index (κ1) is 9.51. The highest BCUT2D eigenvalue weighted by atomic mass is 19.1. The molecule has 0 radical (unpaired) electrons. The molecule has 1 rings (SSSR count). The number of nitrogens with two attached hydrogens (primary N) is 1. The van der Waals surface area contributed by atoms with Crippen molar-refractivity contribution in [1.82, 2.24) is 0 Å². The van der Waals surface area contributed by atoms with E-state index in [4.69, 9.17) is 10.6 Å². The van der Waals surface area contributed by atoms with Gasteiger partial charge in [-0.15, -0.1) is 0 Å². The van der Waals surface area contributed by atoms with E-state index in [0.717, 1.165) is 0 Å². The number of halogens is 1. The third kappa shape index (κ3) is 1.96. The van der Waals surface area contributed by atoms with Gasteiger partial charge in [0.25, 0.3) is 0 Å². The van der Waals surface area contributed by atoms with E-state index in [0.29, 0.717) is 11.3 Å². The highest BCUT2D eigenvalue weighted by Crippen LogP contribution is 2.17. The number of hydrogen-bond acceptors (Lipinski definition) is 3. The molecule has 0 amide bonds. The summed E-state index contributed by atoms with van der Waals surface area (Å²) in [5.41, 5.74) is 1.24. The summed E-state index contributed by atoms with van der Waals surface area (Å²) in [6.07, 6.45) is 0. The molecule has 70 valence electrons. The Kier molecular flexibility index (Phi) is 2.84. The molecule has 0 bridgehead atoms. The van der Waals surface area contributed by atoms with Crippen LogP contribution in [0.3, 0.4) is 0 Å². The molecule has 13 heavy (non-hydrogen) atoms. The SMILES string of the molecule is COc1ccc(/C(C)=N/N)cc1F. The van der Waals surface area contributed by atoms with Gasteiger partial charge in [0.15, 0.2) is 11.6 Å². The third-order valence-electron chi connectivity index (χ3n) is 1.76. The van der Waals surface area contributed by atoms with Crippen molar-refractivity contribution in [2.75, 3.05) is 7.11 Å². The topological polar surface area (TPSA) is 47.6 Å². The van der Waals surface area contributed by atoms with E-state index in [1.807, 2.05) is 0 Å². The monoisotopic (exact) mass is 182 g/mol. The summed E-state index contributed by atoms with van der Waals surface area (Å²) < 4.78 is 17.9. The first-order chi connectivity index (χ1) is 6.19. The predicted octanol–water partition coefficient (Wildman–Crippen LogP) is 1.52. The predicted molar refractivity (Wildman–Crippen MR) is 49.4 cm³/mol. The van der Waals surface area contributed by atoms with Crippen LogP contribution in [-0.4, -0.2) is 12.8 Å². The Balaban J connectivity index is 3.10. The molecular formula is C9H11FN2O. The van der Waals surface area contributed by atoms with Gasteiger partial charge in [0.1, 0.15) is 0 Å². The Bertz CT molecular complexity index is 336. The van der Waals surface area contributed by atoms with Crippen LogP contribution in [0.5, 0.6) is 5.75 Å². The lowest BCUT2D eigenvalue weighted by atomic mass is 10.1. The molecule has 1 aromatic carbocycles. The van der Waals surface area contributed by atoms with E-state index >= 15 is 0 Å². The van der Waals surface area contributed by atoms with Crippen molar-refractivity contribution in [2.45, 2.75) is 6.92 Å². The first-order valence-electron chi connectivity index (χ1n) is 3.77. The Morgan fingerprint density at radius 3 is 2.69 bits per heavy atom. The third-order valence-corrected chi connectivity index (χ3v) is 1.76. The molecule has 3 nitrogen and oxygen atoms in total. The van der Waals surface area contributed by atoms with E-state index in [1.165, 1.54) is 13.2 Å². The minimum atomic E-state index is -0.414. The van der Waals surface area contributed by atoms with Gasteiger partial charge in [-0.3, -0.25) is 0 Å². The molecule has 0 saturated heterocycles. The zero-order valence-electron chi connectivity index (χ0n) is 7.54. The van der Waals surface area contributed by atoms with Gasteiger partial charge in [-0.25, -0.2) is 4.39 Å². The van der Waals surface area contributed by atoms with Crippen molar-refractivity contribution in [2.24, 2.45) is 10.9 Å². The molecule has 0 atom stereocenters. The summed E-state index contributed by atoms with van der Waals surface area (Å²) in [6, 6.07) is 4.58. The van der Waals surface area contributed by atoms with Crippen LogP contribution in [0.15, 0.2) is 23.3 Å². The zero-order chi connectivity index (χ0) is 9.84. The Morgan fingerprint density at radius 2 is 2.23 bits per heavy atom. The van der Waals surface area contributed by atoms with Crippen molar-refractivity contribution in [1.29, 1.82) is 0 Å². The van der Waals surface area contributed by atoms with Crippen molar-refractivity contribution in [3.05, 3.63) is 29.6 Å². The quantitative estimate of drug-likeness (QED) is 0.428. The lowest BCUT2D eigenvalue weighted by Crippen LogP contribution is -2.00. The molecule has 0 aliphatic heterocycles. The highest BCUT2D eigenvalue weighted by molar-refractivity contribution is 5.98. The molecule has 0 fully saturated rings. The minimum Gasteiger partial charge on any atom is -0.494 e. The fourth-order valence-electron chi connectivity index (χ4n) is 0.966. The molecule has 0 saturated carbocycles. The first-order valence-corrected chi connectivity index (χ1v) is 3.77. The van der Waals surface area contributed by atoms with Crippen LogP contribution in [0.25, 0.3) is 0 Å². The van der Waals surface area contributed by atoms with Crippen LogP contribution >= 0.6 is 0 Å². The van der Waals surface area contributed by atoms with Gasteiger partial charge in [-0.2, -0.15) is 5.10 Å². The molecule has 0 aliphatic carbocycles. The second-order valence-electron chi connectivity index (χ2n) is 2.56. The van der Waals surface area contributed by atoms with Gasteiger partial charge in [0.2, 0.25) is 0 Å². The zero-order valence-corrected chi connectivity index (χ0v) is 7.54. The second-order valence-corrected chi connectivity index (χ2v) is 2.56. The molecule has 2 N–H and O–H groups in total. The van der Waals surface area contributed by atoms with Crippen LogP contribution < -0.4 is 10.6 Å². The minimum absolute atomic E-state index is 0.216. The van der Waals surface area contributed by atoms with Crippen molar-refractivity contribution in [3.63, 3.8) is 0 Å². The summed E-state index contributed by atoms with van der Waals surface area (Å²) >= 11 is 0. The number of rotatable bonds is 2. The number of hydrazone groups is 1. The van der Waals surface area contributed by atoms with E-state index in [9.17, 15) is 4.39 Å². The fraction of sp³-hybridized carbons (Fsp3) is 0.222. The summed E-state index contributed by atoms with van der Waals surface area (Å²) in [6.45, 7) is 1.71. The molecule has 0 aliphatic rings. The van der Waals surface area contributed by atoms with Gasteiger partial charge in [-0.05, 0) is 25.1 Å². The van der Waals surface area contributed by atoms with Gasteiger partial charge in [0, 0.05) is 5.56 Å². The number of benzene rings is 1. The number of ether oxygens (including phenoxy) is 1. The Morgan fingerprint density at radius 1 is 1.54 bits per heavy atom. The highest BCUT2D eigenvalue weighted by Gasteiger charge is 2.04. The number of hydrogen-bond donors (Lipinski definition) is 1. The smallest absolute Gasteiger partial charge is 0.165 e. The molecular weight excluding hydrogens is 171 g/mol. The average molecular weight is 182 g/mol. The summed E-state index contributed by atoms with van der Waals surface area (Å²) in [7, 11) is 1.42. The van der Waals surface area contributed by atoms with Crippen LogP contribution in [0.2, 0.25) is 0 Å². The average Bonchev–Trinajstić information content (AvgIpc) is 2.16. The van der Waals surface area contributed by atoms with Crippen LogP contribution in [0.1, 0.15) is 12.5 Å². The van der Waals surface area contributed by atoms with E-state index in [2.05, 4.69) is 5.10 Å². The van der Waals surface area contributed by atoms with Crippen LogP contribution in [0, 0.1) is 5.82 Å². The number of nitrogens with zero attached hydrogens (tertiary/aromatic N) is 1. The summed E-state index contributed by atoms with van der Waals surface area (Å²) in [5, 5.41) is 3.46.